The highest BCUT2D eigenvalue weighted by molar-refractivity contribution is 6.38. The van der Waals surface area contributed by atoms with Crippen LogP contribution in [0.25, 0.3) is 0 Å². The van der Waals surface area contributed by atoms with Crippen LogP contribution >= 0.6 is 0 Å². The number of likely N-dealkylation sites (tertiary alicyclic amines) is 1. The van der Waals surface area contributed by atoms with E-state index in [0.29, 0.717) is 12.0 Å². The van der Waals surface area contributed by atoms with Crippen molar-refractivity contribution in [3.63, 3.8) is 0 Å². The largest absolute Gasteiger partial charge is 0.417 e. The molecule has 5 N–H and O–H groups in total. The fraction of sp³-hybridized carbons (Fsp3) is 0.684. The Morgan fingerprint density at radius 2 is 1.55 bits per heavy atom. The van der Waals surface area contributed by atoms with Gasteiger partial charge in [-0.25, -0.2) is 0 Å². The van der Waals surface area contributed by atoms with E-state index in [4.69, 9.17) is 4.74 Å². The molecule has 2 fully saturated rings. The van der Waals surface area contributed by atoms with E-state index in [9.17, 15) is 47.0 Å². The third-order valence-corrected chi connectivity index (χ3v) is 10.0. The molecule has 1 aliphatic heterocycles. The number of nitrogens with zero attached hydrogens (tertiary/aromatic N) is 2. The third-order valence-electron chi connectivity index (χ3n) is 10.0. The summed E-state index contributed by atoms with van der Waals surface area (Å²) in [6.07, 6.45) is -4.91. The van der Waals surface area contributed by atoms with Gasteiger partial charge in [0.25, 0.3) is 5.91 Å². The number of ether oxygens (including phenoxy) is 1. The topological polar surface area (TPSA) is 186 Å². The van der Waals surface area contributed by atoms with E-state index in [1.54, 1.807) is 51.1 Å². The average Bonchev–Trinajstić information content (AvgIpc) is 3.79. The number of aliphatic hydroxyl groups is 1. The molecule has 0 spiro atoms. The molecule has 5 amide bonds. The first-order chi connectivity index (χ1) is 25.3. The van der Waals surface area contributed by atoms with Crippen LogP contribution in [0.4, 0.5) is 13.2 Å². The minimum Gasteiger partial charge on any atom is -0.356 e. The van der Waals surface area contributed by atoms with E-state index in [1.807, 2.05) is 13.8 Å². The Morgan fingerprint density at radius 1 is 0.945 bits per heavy atom. The monoisotopic (exact) mass is 782 g/mol. The van der Waals surface area contributed by atoms with Crippen LogP contribution in [0, 0.1) is 23.2 Å². The predicted molar refractivity (Wildman–Crippen MR) is 195 cm³/mol. The molecule has 1 aromatic carbocycles. The molecule has 0 radical (unpaired) electrons. The van der Waals surface area contributed by atoms with Gasteiger partial charge in [-0.15, -0.1) is 0 Å². The minimum absolute atomic E-state index is 0.0631. The highest BCUT2D eigenvalue weighted by atomic mass is 19.4. The van der Waals surface area contributed by atoms with E-state index >= 15 is 0 Å². The number of likely N-dealkylation sites (N-methyl/N-ethyl adjacent to an activating group) is 1. The summed E-state index contributed by atoms with van der Waals surface area (Å²) in [6, 6.07) is 3.76. The maximum absolute atomic E-state index is 14.2. The number of hydrogen-bond acceptors (Lipinski definition) is 9. The van der Waals surface area contributed by atoms with Gasteiger partial charge in [0.1, 0.15) is 12.1 Å². The Hall–Kier alpha value is -4.09. The molecular formula is C38H57F3N6O8. The second kappa shape index (κ2) is 18.2. The zero-order valence-electron chi connectivity index (χ0n) is 33.1. The lowest BCUT2D eigenvalue weighted by molar-refractivity contribution is -0.311. The summed E-state index contributed by atoms with van der Waals surface area (Å²) >= 11 is 0. The molecule has 55 heavy (non-hydrogen) atoms. The molecule has 2 aliphatic rings. The van der Waals surface area contributed by atoms with Crippen LogP contribution in [-0.4, -0.2) is 114 Å². The Morgan fingerprint density at radius 3 is 2.05 bits per heavy atom. The van der Waals surface area contributed by atoms with Gasteiger partial charge in [0, 0.05) is 20.6 Å². The SMILES string of the molecule is CC(C)C1CCN(C(=O)C(NC(O)OC(C)(C)C(F)(F)F)C(C)(C)C)C1C(=O)NC(CC1CC1)C(=O)C(=O)NCC(=O)N[C@H](C(=O)N(C)C)c1ccccc1. The fourth-order valence-electron chi connectivity index (χ4n) is 6.46. The Kier molecular flexibility index (Phi) is 15.0. The van der Waals surface area contributed by atoms with Crippen molar-refractivity contribution >= 4 is 35.3 Å². The van der Waals surface area contributed by atoms with Crippen LogP contribution in [0.1, 0.15) is 85.8 Å². The summed E-state index contributed by atoms with van der Waals surface area (Å²) in [4.78, 5) is 83.4. The first kappa shape index (κ1) is 45.3. The van der Waals surface area contributed by atoms with Crippen LogP contribution in [0.5, 0.6) is 0 Å². The average molecular weight is 783 g/mol. The fourth-order valence-corrected chi connectivity index (χ4v) is 6.46. The van der Waals surface area contributed by atoms with E-state index in [1.165, 1.54) is 23.9 Å². The zero-order chi connectivity index (χ0) is 41.6. The lowest BCUT2D eigenvalue weighted by atomic mass is 9.84. The van der Waals surface area contributed by atoms with Gasteiger partial charge in [-0.3, -0.25) is 34.1 Å². The second-order valence-corrected chi connectivity index (χ2v) is 16.5. The van der Waals surface area contributed by atoms with Crippen LogP contribution in [0.2, 0.25) is 0 Å². The van der Waals surface area contributed by atoms with Crippen LogP contribution in [0.3, 0.4) is 0 Å². The number of rotatable bonds is 17. The highest BCUT2D eigenvalue weighted by Crippen LogP contribution is 2.37. The molecule has 0 aromatic heterocycles. The number of halogens is 3. The van der Waals surface area contributed by atoms with Crippen molar-refractivity contribution in [3.05, 3.63) is 35.9 Å². The molecule has 1 aliphatic carbocycles. The Balaban J connectivity index is 1.77. The van der Waals surface area contributed by atoms with Gasteiger partial charge in [0.15, 0.2) is 5.60 Å². The Labute approximate surface area is 320 Å². The van der Waals surface area contributed by atoms with Gasteiger partial charge < -0.3 is 35.6 Å². The predicted octanol–water partition coefficient (Wildman–Crippen LogP) is 2.41. The molecule has 3 rings (SSSR count). The summed E-state index contributed by atoms with van der Waals surface area (Å²) in [7, 11) is 3.07. The minimum atomic E-state index is -4.82. The Bertz CT molecular complexity index is 1540. The lowest BCUT2D eigenvalue weighted by Crippen LogP contribution is -2.61. The molecule has 1 heterocycles. The highest BCUT2D eigenvalue weighted by Gasteiger charge is 2.52. The van der Waals surface area contributed by atoms with Crippen molar-refractivity contribution in [1.29, 1.82) is 0 Å². The number of carbonyl (C=O) groups excluding carboxylic acids is 6. The van der Waals surface area contributed by atoms with Gasteiger partial charge in [-0.1, -0.05) is 77.8 Å². The quantitative estimate of drug-likeness (QED) is 0.117. The van der Waals surface area contributed by atoms with Crippen molar-refractivity contribution in [2.24, 2.45) is 23.2 Å². The summed E-state index contributed by atoms with van der Waals surface area (Å²) in [6.45, 7) is 9.62. The van der Waals surface area contributed by atoms with E-state index in [-0.39, 0.29) is 30.7 Å². The lowest BCUT2D eigenvalue weighted by Gasteiger charge is -2.39. The molecule has 1 saturated heterocycles. The van der Waals surface area contributed by atoms with Gasteiger partial charge in [0.05, 0.1) is 18.6 Å². The number of aliphatic hydroxyl groups excluding tert-OH is 1. The zero-order valence-corrected chi connectivity index (χ0v) is 33.1. The number of carbonyl (C=O) groups is 6. The van der Waals surface area contributed by atoms with Gasteiger partial charge >= 0.3 is 6.18 Å². The number of benzene rings is 1. The molecule has 14 nitrogen and oxygen atoms in total. The van der Waals surface area contributed by atoms with Crippen molar-refractivity contribution in [2.45, 2.75) is 117 Å². The molecule has 6 atom stereocenters. The van der Waals surface area contributed by atoms with Crippen LogP contribution < -0.4 is 21.3 Å². The standard InChI is InChI=1S/C38H57F3N6O8/c1-21(2)24-17-18-47(34(53)30(36(3,4)5)45-35(54)55-37(6,7)38(39,40)41)28(24)31(50)43-25(19-22-15-16-22)29(49)32(51)42-20-26(48)44-27(33(52)46(8)9)23-13-11-10-12-14-23/h10-14,21-22,24-25,27-28,30,35,45,54H,15-20H2,1-9H3,(H,42,51)(H,43,50)(H,44,48)/t24?,25?,27-,28?,30?,35?/m0/s1. The summed E-state index contributed by atoms with van der Waals surface area (Å²) in [5, 5.41) is 20.6. The van der Waals surface area contributed by atoms with Gasteiger partial charge in [-0.2, -0.15) is 13.2 Å². The number of Topliss-reactive ketones (excluding diaryl/α,β-unsaturated/α-hetero) is 1. The smallest absolute Gasteiger partial charge is 0.356 e. The van der Waals surface area contributed by atoms with E-state index in [2.05, 4.69) is 21.3 Å². The number of alkyl halides is 3. The maximum atomic E-state index is 14.2. The number of amides is 5. The van der Waals surface area contributed by atoms with Crippen molar-refractivity contribution in [2.75, 3.05) is 27.2 Å². The number of hydrogen-bond donors (Lipinski definition) is 5. The first-order valence-corrected chi connectivity index (χ1v) is 18.5. The normalized spacial score (nSPS) is 19.9. The van der Waals surface area contributed by atoms with Crippen molar-refractivity contribution in [3.8, 4) is 0 Å². The number of nitrogens with one attached hydrogen (secondary N) is 4. The molecule has 1 aromatic rings. The number of ketones is 1. The molecule has 308 valence electrons. The van der Waals surface area contributed by atoms with Crippen molar-refractivity contribution in [1.82, 2.24) is 31.1 Å². The molecular weight excluding hydrogens is 725 g/mol. The van der Waals surface area contributed by atoms with Crippen LogP contribution in [0.15, 0.2) is 30.3 Å². The molecule has 5 unspecified atom stereocenters. The summed E-state index contributed by atoms with van der Waals surface area (Å²) in [5.74, 6) is -5.04. The maximum Gasteiger partial charge on any atom is 0.417 e. The van der Waals surface area contributed by atoms with E-state index in [0.717, 1.165) is 26.7 Å². The molecule has 0 bridgehead atoms. The van der Waals surface area contributed by atoms with Crippen molar-refractivity contribution < 1.29 is 51.8 Å². The molecule has 17 heteroatoms. The van der Waals surface area contributed by atoms with E-state index < -0.39 is 89.6 Å². The summed E-state index contributed by atoms with van der Waals surface area (Å²) in [5.41, 5.74) is -3.21. The van der Waals surface area contributed by atoms with Gasteiger partial charge in [-0.05, 0) is 55.4 Å². The van der Waals surface area contributed by atoms with Gasteiger partial charge in [0.2, 0.25) is 35.8 Å². The third kappa shape index (κ3) is 12.2. The molecule has 1 saturated carbocycles. The first-order valence-electron chi connectivity index (χ1n) is 18.5. The van der Waals surface area contributed by atoms with Crippen LogP contribution in [-0.2, 0) is 33.5 Å². The summed E-state index contributed by atoms with van der Waals surface area (Å²) < 4.78 is 45.3. The second-order valence-electron chi connectivity index (χ2n) is 16.5.